The average Bonchev–Trinajstić information content (AvgIpc) is 3.19. The standard InChI is InChI=1S/C27H30N6O4/c1-6-21(33(4)5)25(34)30-17-8-7-9-18(14-17)31-27-29-13-12-23(32-27)37-19-10-11-20-22(15-19)36-16(2)24(20)26(35)28-3/h7-15,21H,6H2,1-5H3,(H,28,35)(H,30,34)(H,29,31,32)/t21-/m1/s1. The van der Waals surface area contributed by atoms with Gasteiger partial charge in [-0.25, -0.2) is 4.98 Å². The van der Waals surface area contributed by atoms with E-state index in [0.29, 0.717) is 57.7 Å². The van der Waals surface area contributed by atoms with E-state index < -0.39 is 0 Å². The highest BCUT2D eigenvalue weighted by molar-refractivity contribution is 6.07. The molecule has 2 aromatic carbocycles. The van der Waals surface area contributed by atoms with Crippen LogP contribution in [0, 0.1) is 6.92 Å². The zero-order chi connectivity index (χ0) is 26.5. The molecule has 2 aromatic heterocycles. The molecule has 0 saturated carbocycles. The topological polar surface area (TPSA) is 122 Å². The molecule has 0 radical (unpaired) electrons. The van der Waals surface area contributed by atoms with Crippen molar-refractivity contribution in [1.82, 2.24) is 20.2 Å². The lowest BCUT2D eigenvalue weighted by atomic mass is 10.1. The third-order valence-corrected chi connectivity index (χ3v) is 5.84. The maximum Gasteiger partial charge on any atom is 0.255 e. The summed E-state index contributed by atoms with van der Waals surface area (Å²) < 4.78 is 11.7. The SMILES string of the molecule is CC[C@H](C(=O)Nc1cccc(Nc2nccc(Oc3ccc4c(C(=O)NC)c(C)oc4c3)n2)c1)N(C)C. The normalized spacial score (nSPS) is 11.8. The Morgan fingerprint density at radius 3 is 2.62 bits per heavy atom. The minimum atomic E-state index is -0.214. The van der Waals surface area contributed by atoms with Gasteiger partial charge in [0.25, 0.3) is 5.91 Å². The van der Waals surface area contributed by atoms with Crippen molar-refractivity contribution in [3.8, 4) is 11.6 Å². The van der Waals surface area contributed by atoms with Crippen LogP contribution in [0.25, 0.3) is 11.0 Å². The van der Waals surface area contributed by atoms with Crippen LogP contribution in [-0.4, -0.2) is 53.9 Å². The van der Waals surface area contributed by atoms with Gasteiger partial charge in [0.05, 0.1) is 11.6 Å². The van der Waals surface area contributed by atoms with Crippen molar-refractivity contribution >= 4 is 40.1 Å². The fourth-order valence-corrected chi connectivity index (χ4v) is 4.06. The van der Waals surface area contributed by atoms with Gasteiger partial charge in [-0.3, -0.25) is 14.5 Å². The molecule has 0 aliphatic rings. The molecule has 0 fully saturated rings. The second-order valence-corrected chi connectivity index (χ2v) is 8.67. The maximum absolute atomic E-state index is 12.6. The van der Waals surface area contributed by atoms with Crippen molar-refractivity contribution in [2.75, 3.05) is 31.8 Å². The summed E-state index contributed by atoms with van der Waals surface area (Å²) in [7, 11) is 5.35. The Kier molecular flexibility index (Phi) is 7.69. The molecule has 4 aromatic rings. The predicted octanol–water partition coefficient (Wildman–Crippen LogP) is 4.71. The number of hydrogen-bond donors (Lipinski definition) is 3. The molecule has 0 saturated heterocycles. The van der Waals surface area contributed by atoms with E-state index in [1.807, 2.05) is 50.2 Å². The number of furan rings is 1. The molecule has 10 heteroatoms. The van der Waals surface area contributed by atoms with E-state index >= 15 is 0 Å². The van der Waals surface area contributed by atoms with Gasteiger partial charge in [0.2, 0.25) is 17.7 Å². The van der Waals surface area contributed by atoms with Crippen molar-refractivity contribution in [3.63, 3.8) is 0 Å². The van der Waals surface area contributed by atoms with Gasteiger partial charge < -0.3 is 25.1 Å². The number of nitrogens with one attached hydrogen (secondary N) is 3. The summed E-state index contributed by atoms with van der Waals surface area (Å²) in [5, 5.41) is 9.43. The number of fused-ring (bicyclic) bond motifs is 1. The Labute approximate surface area is 215 Å². The number of carbonyl (C=O) groups is 2. The maximum atomic E-state index is 12.6. The van der Waals surface area contributed by atoms with Gasteiger partial charge in [0, 0.05) is 42.1 Å². The van der Waals surface area contributed by atoms with Crippen molar-refractivity contribution in [2.24, 2.45) is 0 Å². The molecule has 0 unspecified atom stereocenters. The Hall–Kier alpha value is -4.44. The molecule has 0 bridgehead atoms. The van der Waals surface area contributed by atoms with E-state index in [1.54, 1.807) is 44.4 Å². The number of likely N-dealkylation sites (N-methyl/N-ethyl adjacent to an activating group) is 1. The number of carbonyl (C=O) groups excluding carboxylic acids is 2. The molecule has 192 valence electrons. The molecule has 2 amide bonds. The van der Waals surface area contributed by atoms with Gasteiger partial charge in [-0.05, 0) is 57.8 Å². The molecule has 10 nitrogen and oxygen atoms in total. The number of aryl methyl sites for hydroxylation is 1. The second kappa shape index (κ2) is 11.1. The van der Waals surface area contributed by atoms with Gasteiger partial charge in [0.15, 0.2) is 0 Å². The molecule has 4 rings (SSSR count). The van der Waals surface area contributed by atoms with E-state index in [2.05, 4.69) is 25.9 Å². The van der Waals surface area contributed by atoms with Crippen molar-refractivity contribution in [3.05, 3.63) is 66.1 Å². The zero-order valence-corrected chi connectivity index (χ0v) is 21.5. The van der Waals surface area contributed by atoms with Crippen molar-refractivity contribution in [2.45, 2.75) is 26.3 Å². The number of ether oxygens (including phenoxy) is 1. The smallest absolute Gasteiger partial charge is 0.255 e. The first kappa shape index (κ1) is 25.6. The molecule has 0 aliphatic carbocycles. The van der Waals surface area contributed by atoms with Crippen LogP contribution in [0.3, 0.4) is 0 Å². The Balaban J connectivity index is 1.48. The minimum absolute atomic E-state index is 0.0672. The Morgan fingerprint density at radius 1 is 1.11 bits per heavy atom. The number of nitrogens with zero attached hydrogens (tertiary/aromatic N) is 3. The highest BCUT2D eigenvalue weighted by Crippen LogP contribution is 2.31. The lowest BCUT2D eigenvalue weighted by molar-refractivity contribution is -0.120. The zero-order valence-electron chi connectivity index (χ0n) is 21.5. The van der Waals surface area contributed by atoms with Crippen LogP contribution in [0.1, 0.15) is 29.5 Å². The van der Waals surface area contributed by atoms with E-state index in [1.165, 1.54) is 0 Å². The quantitative estimate of drug-likeness (QED) is 0.301. The second-order valence-electron chi connectivity index (χ2n) is 8.67. The van der Waals surface area contributed by atoms with Gasteiger partial charge in [0.1, 0.15) is 17.1 Å². The van der Waals surface area contributed by atoms with E-state index in [-0.39, 0.29) is 17.9 Å². The van der Waals surface area contributed by atoms with Crippen LogP contribution in [0.2, 0.25) is 0 Å². The molecule has 0 aliphatic heterocycles. The van der Waals surface area contributed by atoms with Crippen molar-refractivity contribution < 1.29 is 18.7 Å². The Morgan fingerprint density at radius 2 is 1.89 bits per heavy atom. The van der Waals surface area contributed by atoms with Crippen LogP contribution in [-0.2, 0) is 4.79 Å². The lowest BCUT2D eigenvalue weighted by Crippen LogP contribution is -2.39. The molecular formula is C27H30N6O4. The van der Waals surface area contributed by atoms with E-state index in [4.69, 9.17) is 9.15 Å². The summed E-state index contributed by atoms with van der Waals surface area (Å²) in [4.78, 5) is 35.3. The third kappa shape index (κ3) is 5.87. The fraction of sp³-hybridized carbons (Fsp3) is 0.259. The third-order valence-electron chi connectivity index (χ3n) is 5.84. The van der Waals surface area contributed by atoms with Crippen molar-refractivity contribution in [1.29, 1.82) is 0 Å². The van der Waals surface area contributed by atoms with Crippen LogP contribution in [0.4, 0.5) is 17.3 Å². The summed E-state index contributed by atoms with van der Waals surface area (Å²) in [5.41, 5.74) is 2.42. The number of anilines is 3. The highest BCUT2D eigenvalue weighted by Gasteiger charge is 2.19. The first-order chi connectivity index (χ1) is 17.8. The lowest BCUT2D eigenvalue weighted by Gasteiger charge is -2.22. The summed E-state index contributed by atoms with van der Waals surface area (Å²) in [6.07, 6.45) is 2.29. The van der Waals surface area contributed by atoms with Gasteiger partial charge in [-0.15, -0.1) is 0 Å². The van der Waals surface area contributed by atoms with Crippen LogP contribution >= 0.6 is 0 Å². The molecule has 2 heterocycles. The summed E-state index contributed by atoms with van der Waals surface area (Å²) >= 11 is 0. The predicted molar refractivity (Wildman–Crippen MR) is 143 cm³/mol. The molecule has 37 heavy (non-hydrogen) atoms. The number of rotatable bonds is 9. The average molecular weight is 503 g/mol. The van der Waals surface area contributed by atoms with Gasteiger partial charge in [-0.1, -0.05) is 13.0 Å². The molecule has 3 N–H and O–H groups in total. The van der Waals surface area contributed by atoms with Gasteiger partial charge in [-0.2, -0.15) is 4.98 Å². The first-order valence-electron chi connectivity index (χ1n) is 11.9. The number of hydrogen-bond acceptors (Lipinski definition) is 8. The van der Waals surface area contributed by atoms with Crippen LogP contribution in [0.15, 0.2) is 59.1 Å². The van der Waals surface area contributed by atoms with Crippen LogP contribution in [0.5, 0.6) is 11.6 Å². The van der Waals surface area contributed by atoms with E-state index in [9.17, 15) is 9.59 Å². The Bertz CT molecular complexity index is 1430. The number of benzene rings is 2. The summed E-state index contributed by atoms with van der Waals surface area (Å²) in [6, 6.07) is 14.0. The molecule has 1 atom stereocenters. The first-order valence-corrected chi connectivity index (χ1v) is 11.9. The molecule has 0 spiro atoms. The summed E-state index contributed by atoms with van der Waals surface area (Å²) in [6.45, 7) is 3.72. The largest absolute Gasteiger partial charge is 0.460 e. The number of amides is 2. The number of aromatic nitrogens is 2. The van der Waals surface area contributed by atoms with E-state index in [0.717, 1.165) is 0 Å². The minimum Gasteiger partial charge on any atom is -0.460 e. The highest BCUT2D eigenvalue weighted by atomic mass is 16.5. The fourth-order valence-electron chi connectivity index (χ4n) is 4.06. The van der Waals surface area contributed by atoms with Gasteiger partial charge >= 0.3 is 0 Å². The molecular weight excluding hydrogens is 472 g/mol. The monoisotopic (exact) mass is 502 g/mol. The van der Waals surface area contributed by atoms with Crippen LogP contribution < -0.4 is 20.7 Å². The summed E-state index contributed by atoms with van der Waals surface area (Å²) in [5.74, 6) is 1.42.